The fourth-order valence-corrected chi connectivity index (χ4v) is 5.62. The number of hydrogen-bond donors (Lipinski definition) is 1. The van der Waals surface area contributed by atoms with Gasteiger partial charge < -0.3 is 9.64 Å². The highest BCUT2D eigenvalue weighted by atomic mass is 19.1. The number of hydrogen-bond acceptors (Lipinski definition) is 2. The zero-order valence-electron chi connectivity index (χ0n) is 26.1. The number of halogens is 1. The first-order chi connectivity index (χ1) is 21.0. The van der Waals surface area contributed by atoms with Crippen LogP contribution in [0.3, 0.4) is 0 Å². The molecular formula is C37H49FN3O2+. The van der Waals surface area contributed by atoms with Crippen LogP contribution in [0.1, 0.15) is 108 Å². The van der Waals surface area contributed by atoms with Crippen LogP contribution in [0.5, 0.6) is 5.75 Å². The molecule has 0 saturated carbocycles. The van der Waals surface area contributed by atoms with Gasteiger partial charge in [-0.1, -0.05) is 102 Å². The zero-order valence-corrected chi connectivity index (χ0v) is 26.1. The summed E-state index contributed by atoms with van der Waals surface area (Å²) in [7, 11) is 0. The number of nitrogens with zero attached hydrogens (tertiary/aromatic N) is 2. The Morgan fingerprint density at radius 2 is 1.49 bits per heavy atom. The van der Waals surface area contributed by atoms with Gasteiger partial charge in [0.1, 0.15) is 6.20 Å². The van der Waals surface area contributed by atoms with E-state index in [9.17, 15) is 9.18 Å². The van der Waals surface area contributed by atoms with Crippen LogP contribution in [0.4, 0.5) is 10.1 Å². The molecule has 0 fully saturated rings. The molecule has 0 aliphatic heterocycles. The van der Waals surface area contributed by atoms with Gasteiger partial charge in [0.2, 0.25) is 5.91 Å². The number of carbonyl (C=O) groups is 1. The number of aromatic amines is 1. The number of imidazole rings is 1. The fourth-order valence-electron chi connectivity index (χ4n) is 5.62. The summed E-state index contributed by atoms with van der Waals surface area (Å²) in [5, 5.41) is 0. The van der Waals surface area contributed by atoms with Gasteiger partial charge in [-0.05, 0) is 53.9 Å². The number of fused-ring (bicyclic) bond motifs is 1. The molecule has 0 radical (unpaired) electrons. The second kappa shape index (κ2) is 17.4. The molecule has 2 aromatic heterocycles. The summed E-state index contributed by atoms with van der Waals surface area (Å²) in [4.78, 5) is 17.6. The van der Waals surface area contributed by atoms with Gasteiger partial charge in [-0.15, -0.1) is 0 Å². The third kappa shape index (κ3) is 10.2. The second-order valence-corrected chi connectivity index (χ2v) is 11.7. The van der Waals surface area contributed by atoms with Crippen molar-refractivity contribution in [3.8, 4) is 5.75 Å². The molecule has 230 valence electrons. The number of rotatable bonds is 19. The molecule has 43 heavy (non-hydrogen) atoms. The Balaban J connectivity index is 1.19. The lowest BCUT2D eigenvalue weighted by Gasteiger charge is -2.22. The third-order valence-corrected chi connectivity index (χ3v) is 8.16. The number of anilines is 1. The van der Waals surface area contributed by atoms with E-state index in [2.05, 4.69) is 22.4 Å². The van der Waals surface area contributed by atoms with E-state index in [1.807, 2.05) is 54.9 Å². The maximum Gasteiger partial charge on any atom is 0.263 e. The van der Waals surface area contributed by atoms with Crippen LogP contribution < -0.4 is 14.0 Å². The zero-order chi connectivity index (χ0) is 30.3. The second-order valence-electron chi connectivity index (χ2n) is 11.7. The number of nitrogens with one attached hydrogen (secondary N) is 1. The molecule has 0 saturated heterocycles. The molecule has 4 aromatic rings. The van der Waals surface area contributed by atoms with Crippen LogP contribution in [-0.4, -0.2) is 17.5 Å². The first-order valence-corrected chi connectivity index (χ1v) is 16.3. The highest BCUT2D eigenvalue weighted by Crippen LogP contribution is 2.23. The molecule has 0 aliphatic rings. The maximum atomic E-state index is 14.9. The Hall–Kier alpha value is -3.67. The Morgan fingerprint density at radius 1 is 0.837 bits per heavy atom. The number of pyridine rings is 1. The quantitative estimate of drug-likeness (QED) is 0.0880. The molecule has 0 spiro atoms. The van der Waals surface area contributed by atoms with E-state index in [4.69, 9.17) is 4.74 Å². The van der Waals surface area contributed by atoms with Crippen LogP contribution in [0.25, 0.3) is 5.52 Å². The first kappa shape index (κ1) is 32.2. The van der Waals surface area contributed by atoms with Crippen molar-refractivity contribution in [2.24, 2.45) is 0 Å². The van der Waals surface area contributed by atoms with Crippen molar-refractivity contribution in [1.29, 1.82) is 0 Å². The summed E-state index contributed by atoms with van der Waals surface area (Å²) in [5.74, 6) is 0.890. The molecule has 2 aromatic carbocycles. The lowest BCUT2D eigenvalue weighted by molar-refractivity contribution is -0.520. The van der Waals surface area contributed by atoms with Gasteiger partial charge in [-0.2, -0.15) is 4.40 Å². The third-order valence-electron chi connectivity index (χ3n) is 8.16. The number of amides is 1. The van der Waals surface area contributed by atoms with Gasteiger partial charge in [0.05, 0.1) is 25.8 Å². The number of benzene rings is 2. The van der Waals surface area contributed by atoms with Crippen LogP contribution >= 0.6 is 0 Å². The van der Waals surface area contributed by atoms with Crippen LogP contribution in [0, 0.1) is 5.82 Å². The average molecular weight is 587 g/mol. The Kier molecular flexibility index (Phi) is 13.1. The summed E-state index contributed by atoms with van der Waals surface area (Å²) in [6, 6.07) is 19.1. The van der Waals surface area contributed by atoms with Gasteiger partial charge in [0.15, 0.2) is 17.1 Å². The average Bonchev–Trinajstić information content (AvgIpc) is 3.42. The lowest BCUT2D eigenvalue weighted by Crippen LogP contribution is -2.28. The van der Waals surface area contributed by atoms with Gasteiger partial charge in [-0.25, -0.2) is 9.37 Å². The van der Waals surface area contributed by atoms with Crippen molar-refractivity contribution < 1.29 is 18.3 Å². The molecule has 5 nitrogen and oxygen atoms in total. The van der Waals surface area contributed by atoms with Gasteiger partial charge in [0.25, 0.3) is 5.82 Å². The number of aromatic nitrogens is 2. The molecule has 0 unspecified atom stereocenters. The highest BCUT2D eigenvalue weighted by Gasteiger charge is 2.16. The topological polar surface area (TPSA) is 49.4 Å². The van der Waals surface area contributed by atoms with Crippen molar-refractivity contribution in [2.75, 3.05) is 11.5 Å². The lowest BCUT2D eigenvalue weighted by atomic mass is 10.1. The minimum Gasteiger partial charge on any atom is -0.491 e. The van der Waals surface area contributed by atoms with E-state index in [0.717, 1.165) is 47.4 Å². The van der Waals surface area contributed by atoms with Crippen LogP contribution in [-0.2, 0) is 17.8 Å². The molecule has 0 bridgehead atoms. The van der Waals surface area contributed by atoms with Crippen molar-refractivity contribution in [3.63, 3.8) is 0 Å². The monoisotopic (exact) mass is 586 g/mol. The molecule has 4 rings (SSSR count). The Bertz CT molecular complexity index is 1400. The van der Waals surface area contributed by atoms with Crippen molar-refractivity contribution in [3.05, 3.63) is 95.8 Å². The van der Waals surface area contributed by atoms with Crippen molar-refractivity contribution in [2.45, 2.75) is 104 Å². The van der Waals surface area contributed by atoms with E-state index >= 15 is 0 Å². The Labute approximate surface area is 257 Å². The van der Waals surface area contributed by atoms with Gasteiger partial charge in [-0.3, -0.25) is 4.79 Å². The first-order valence-electron chi connectivity index (χ1n) is 16.3. The molecular weight excluding hydrogens is 537 g/mol. The summed E-state index contributed by atoms with van der Waals surface area (Å²) in [6.07, 6.45) is 20.2. The maximum absolute atomic E-state index is 14.9. The SMILES string of the molecule is CCCCCCCCCCCCCCOc1ccc(CN(C(C)=O)c2ccc(Cc3[nH]cc4cccc[n+]34)cc2)cc1F. The molecule has 1 amide bonds. The van der Waals surface area contributed by atoms with E-state index in [-0.39, 0.29) is 17.5 Å². The van der Waals surface area contributed by atoms with E-state index < -0.39 is 0 Å². The van der Waals surface area contributed by atoms with Crippen LogP contribution in [0.15, 0.2) is 73.1 Å². The standard InChI is InChI=1S/C37H48FN3O2/c1-3-4-5-6-7-8-9-10-11-12-13-16-25-43-36-23-20-32(26-35(36)38)29-41(30(2)42)33-21-18-31(19-22-33)27-37-39-28-34-17-14-15-24-40(34)37/h14-15,17-24,26,28H,3-13,16,25,27,29H2,1-2H3/p+1. The van der Waals surface area contributed by atoms with E-state index in [1.54, 1.807) is 11.0 Å². The summed E-state index contributed by atoms with van der Waals surface area (Å²) < 4.78 is 22.7. The smallest absolute Gasteiger partial charge is 0.263 e. The van der Waals surface area contributed by atoms with E-state index in [1.165, 1.54) is 77.2 Å². The summed E-state index contributed by atoms with van der Waals surface area (Å²) in [5.41, 5.74) is 3.76. The van der Waals surface area contributed by atoms with Crippen molar-refractivity contribution >= 4 is 17.1 Å². The molecule has 0 atom stereocenters. The summed E-state index contributed by atoms with van der Waals surface area (Å²) in [6.45, 7) is 4.62. The minimum absolute atomic E-state index is 0.0913. The number of ether oxygens (including phenoxy) is 1. The molecule has 6 heteroatoms. The predicted octanol–water partition coefficient (Wildman–Crippen LogP) is 9.12. The number of H-pyrrole nitrogens is 1. The summed E-state index contributed by atoms with van der Waals surface area (Å²) >= 11 is 0. The molecule has 0 aliphatic carbocycles. The predicted molar refractivity (Wildman–Crippen MR) is 173 cm³/mol. The molecule has 2 heterocycles. The van der Waals surface area contributed by atoms with Crippen LogP contribution in [0.2, 0.25) is 0 Å². The minimum atomic E-state index is -0.383. The van der Waals surface area contributed by atoms with Gasteiger partial charge >= 0.3 is 0 Å². The highest BCUT2D eigenvalue weighted by molar-refractivity contribution is 5.91. The largest absolute Gasteiger partial charge is 0.491 e. The molecule has 1 N–H and O–H groups in total. The normalized spacial score (nSPS) is 11.2. The fraction of sp³-hybridized carbons (Fsp3) is 0.459. The Morgan fingerprint density at radius 3 is 2.14 bits per heavy atom. The van der Waals surface area contributed by atoms with Crippen molar-refractivity contribution in [1.82, 2.24) is 4.98 Å². The number of unbranched alkanes of at least 4 members (excludes halogenated alkanes) is 11. The van der Waals surface area contributed by atoms with E-state index in [0.29, 0.717) is 13.2 Å². The van der Waals surface area contributed by atoms with Gasteiger partial charge in [0, 0.05) is 12.6 Å². The number of carbonyl (C=O) groups excluding carboxylic acids is 1.